The summed E-state index contributed by atoms with van der Waals surface area (Å²) in [7, 11) is 0. The first kappa shape index (κ1) is 62.6. The van der Waals surface area contributed by atoms with Crippen molar-refractivity contribution in [3.05, 3.63) is 109 Å². The molecular formula is C61H102O5. The fraction of sp³-hybridized carbons (Fsp3) is 0.672. The lowest BCUT2D eigenvalue weighted by molar-refractivity contribution is -0.163. The smallest absolute Gasteiger partial charge is 0.306 e. The molecule has 0 fully saturated rings. The van der Waals surface area contributed by atoms with Crippen molar-refractivity contribution in [2.75, 3.05) is 19.8 Å². The summed E-state index contributed by atoms with van der Waals surface area (Å²) in [6, 6.07) is 0. The molecule has 0 rings (SSSR count). The highest BCUT2D eigenvalue weighted by molar-refractivity contribution is 5.70. The molecule has 0 amide bonds. The molecule has 5 heteroatoms. The van der Waals surface area contributed by atoms with Crippen LogP contribution in [0.3, 0.4) is 0 Å². The molecule has 0 aromatic carbocycles. The van der Waals surface area contributed by atoms with Crippen LogP contribution in [0.2, 0.25) is 0 Å². The van der Waals surface area contributed by atoms with Crippen LogP contribution in [-0.4, -0.2) is 37.9 Å². The lowest BCUT2D eigenvalue weighted by Gasteiger charge is -2.18. The number of carbonyl (C=O) groups is 2. The summed E-state index contributed by atoms with van der Waals surface area (Å²) in [6.07, 6.45) is 76.8. The average Bonchev–Trinajstić information content (AvgIpc) is 3.32. The van der Waals surface area contributed by atoms with Gasteiger partial charge in [-0.25, -0.2) is 0 Å². The number of hydrogen-bond donors (Lipinski definition) is 0. The van der Waals surface area contributed by atoms with Crippen LogP contribution in [0.5, 0.6) is 0 Å². The molecule has 0 radical (unpaired) electrons. The summed E-state index contributed by atoms with van der Waals surface area (Å²) in [5.74, 6) is -0.471. The van der Waals surface area contributed by atoms with E-state index in [4.69, 9.17) is 14.2 Å². The van der Waals surface area contributed by atoms with Gasteiger partial charge in [0.2, 0.25) is 0 Å². The molecule has 376 valence electrons. The largest absolute Gasteiger partial charge is 0.462 e. The van der Waals surface area contributed by atoms with Crippen molar-refractivity contribution in [2.45, 2.75) is 245 Å². The molecule has 0 saturated carbocycles. The van der Waals surface area contributed by atoms with Crippen molar-refractivity contribution in [1.29, 1.82) is 0 Å². The van der Waals surface area contributed by atoms with Crippen LogP contribution < -0.4 is 0 Å². The molecule has 0 bridgehead atoms. The maximum Gasteiger partial charge on any atom is 0.306 e. The molecule has 1 unspecified atom stereocenters. The maximum atomic E-state index is 12.8. The van der Waals surface area contributed by atoms with Crippen LogP contribution in [0.15, 0.2) is 109 Å². The molecule has 66 heavy (non-hydrogen) atoms. The summed E-state index contributed by atoms with van der Waals surface area (Å²) in [5.41, 5.74) is 0. The second kappa shape index (κ2) is 55.9. The molecule has 1 atom stereocenters. The second-order valence-corrected chi connectivity index (χ2v) is 17.7. The highest BCUT2D eigenvalue weighted by Gasteiger charge is 2.17. The molecule has 0 aromatic heterocycles. The summed E-state index contributed by atoms with van der Waals surface area (Å²) in [5, 5.41) is 0. The zero-order chi connectivity index (χ0) is 47.7. The zero-order valence-electron chi connectivity index (χ0n) is 43.2. The first-order chi connectivity index (χ1) is 32.6. The summed E-state index contributed by atoms with van der Waals surface area (Å²) in [6.45, 7) is 7.52. The molecule has 0 aliphatic carbocycles. The fourth-order valence-corrected chi connectivity index (χ4v) is 7.30. The van der Waals surface area contributed by atoms with Crippen LogP contribution >= 0.6 is 0 Å². The predicted molar refractivity (Wildman–Crippen MR) is 288 cm³/mol. The summed E-state index contributed by atoms with van der Waals surface area (Å²) in [4.78, 5) is 25.4. The standard InChI is InChI=1S/C61H102O5/c1-4-7-10-13-16-19-22-25-27-29-30-31-33-35-38-41-44-47-50-53-56-64-57-59(66-61(63)55-52-49-46-43-40-36-24-21-18-15-12-9-6-3)58-65-60(62)54-51-48-45-42-39-37-34-32-28-26-23-20-17-14-11-8-5-2/h7-8,10-11,16-17,19-20,25-28,30-31,34,37,42,45,59H,4-6,9,12-15,18,21-24,29,32-33,35-36,38-41,43-44,46-58H2,1-3H3/b10-7-,11-8-,19-16-,20-17-,27-25-,28-26-,31-30-,37-34-,45-42-. The number of unbranched alkanes of at least 4 members (excludes halogenated alkanes) is 20. The van der Waals surface area contributed by atoms with Crippen LogP contribution in [0.25, 0.3) is 0 Å². The van der Waals surface area contributed by atoms with E-state index in [9.17, 15) is 9.59 Å². The fourth-order valence-electron chi connectivity index (χ4n) is 7.30. The van der Waals surface area contributed by atoms with E-state index in [1.807, 2.05) is 0 Å². The van der Waals surface area contributed by atoms with Gasteiger partial charge < -0.3 is 14.2 Å². The highest BCUT2D eigenvalue weighted by atomic mass is 16.6. The number of hydrogen-bond acceptors (Lipinski definition) is 5. The Morgan fingerprint density at radius 3 is 1.14 bits per heavy atom. The first-order valence-corrected chi connectivity index (χ1v) is 27.4. The minimum Gasteiger partial charge on any atom is -0.462 e. The van der Waals surface area contributed by atoms with Crippen molar-refractivity contribution in [3.63, 3.8) is 0 Å². The van der Waals surface area contributed by atoms with E-state index in [1.54, 1.807) is 0 Å². The second-order valence-electron chi connectivity index (χ2n) is 17.7. The van der Waals surface area contributed by atoms with Crippen molar-refractivity contribution in [3.8, 4) is 0 Å². The van der Waals surface area contributed by atoms with E-state index in [1.165, 1.54) is 103 Å². The third-order valence-corrected chi connectivity index (χ3v) is 11.3. The lowest BCUT2D eigenvalue weighted by atomic mass is 10.0. The average molecular weight is 915 g/mol. The van der Waals surface area contributed by atoms with Gasteiger partial charge in [0.1, 0.15) is 6.61 Å². The topological polar surface area (TPSA) is 61.8 Å². The Bertz CT molecular complexity index is 1310. The van der Waals surface area contributed by atoms with Crippen molar-refractivity contribution in [2.24, 2.45) is 0 Å². The van der Waals surface area contributed by atoms with Crippen LogP contribution in [0.1, 0.15) is 239 Å². The number of esters is 2. The van der Waals surface area contributed by atoms with Gasteiger partial charge in [-0.15, -0.1) is 0 Å². The van der Waals surface area contributed by atoms with E-state index in [0.29, 0.717) is 19.4 Å². The first-order valence-electron chi connectivity index (χ1n) is 27.4. The van der Waals surface area contributed by atoms with Crippen LogP contribution in [0, 0.1) is 0 Å². The molecule has 0 spiro atoms. The monoisotopic (exact) mass is 915 g/mol. The van der Waals surface area contributed by atoms with Gasteiger partial charge >= 0.3 is 11.9 Å². The maximum absolute atomic E-state index is 12.8. The van der Waals surface area contributed by atoms with Gasteiger partial charge in [-0.2, -0.15) is 0 Å². The molecule has 0 aliphatic heterocycles. The Kier molecular flexibility index (Phi) is 53.0. The zero-order valence-corrected chi connectivity index (χ0v) is 43.2. The van der Waals surface area contributed by atoms with E-state index in [2.05, 4.69) is 130 Å². The minimum absolute atomic E-state index is 0.0474. The summed E-state index contributed by atoms with van der Waals surface area (Å²) < 4.78 is 17.4. The van der Waals surface area contributed by atoms with E-state index in [0.717, 1.165) is 103 Å². The molecule has 0 saturated heterocycles. The van der Waals surface area contributed by atoms with Gasteiger partial charge in [-0.05, 0) is 96.3 Å². The molecule has 5 nitrogen and oxygen atoms in total. The lowest BCUT2D eigenvalue weighted by Crippen LogP contribution is -2.30. The van der Waals surface area contributed by atoms with Gasteiger partial charge in [0.15, 0.2) is 6.10 Å². The van der Waals surface area contributed by atoms with Crippen LogP contribution in [-0.2, 0) is 23.8 Å². The number of allylic oxidation sites excluding steroid dienone is 18. The highest BCUT2D eigenvalue weighted by Crippen LogP contribution is 2.14. The quantitative estimate of drug-likeness (QED) is 0.0346. The Morgan fingerprint density at radius 1 is 0.348 bits per heavy atom. The minimum atomic E-state index is -0.570. The third kappa shape index (κ3) is 53.2. The van der Waals surface area contributed by atoms with E-state index in [-0.39, 0.29) is 25.2 Å². The molecule has 0 aromatic rings. The number of ether oxygens (including phenoxy) is 3. The Morgan fingerprint density at radius 2 is 0.697 bits per heavy atom. The Hall–Kier alpha value is -3.44. The predicted octanol–water partition coefficient (Wildman–Crippen LogP) is 18.8. The number of rotatable bonds is 49. The molecular weight excluding hydrogens is 813 g/mol. The third-order valence-electron chi connectivity index (χ3n) is 11.3. The molecule has 0 aliphatic rings. The van der Waals surface area contributed by atoms with Gasteiger partial charge in [0, 0.05) is 19.4 Å². The SMILES string of the molecule is CC/C=C\C/C=C\C/C=C\C/C=C\C/C=C\CCCC(=O)OCC(COCCCCCCCCC/C=C\C/C=C\C/C=C\C/C=C\CC)OC(=O)CCCCCCCCCCCCCCC. The van der Waals surface area contributed by atoms with E-state index < -0.39 is 6.10 Å². The van der Waals surface area contributed by atoms with Gasteiger partial charge in [-0.1, -0.05) is 239 Å². The summed E-state index contributed by atoms with van der Waals surface area (Å²) >= 11 is 0. The van der Waals surface area contributed by atoms with Gasteiger partial charge in [0.05, 0.1) is 6.61 Å². The normalized spacial score (nSPS) is 13.1. The Labute approximate surface area is 408 Å². The van der Waals surface area contributed by atoms with Gasteiger partial charge in [-0.3, -0.25) is 9.59 Å². The van der Waals surface area contributed by atoms with Crippen molar-refractivity contribution < 1.29 is 23.8 Å². The van der Waals surface area contributed by atoms with Crippen molar-refractivity contribution >= 4 is 11.9 Å². The molecule has 0 N–H and O–H groups in total. The van der Waals surface area contributed by atoms with Crippen LogP contribution in [0.4, 0.5) is 0 Å². The Balaban J connectivity index is 4.37. The van der Waals surface area contributed by atoms with Crippen molar-refractivity contribution in [1.82, 2.24) is 0 Å². The van der Waals surface area contributed by atoms with Gasteiger partial charge in [0.25, 0.3) is 0 Å². The molecule has 0 heterocycles. The number of carbonyl (C=O) groups excluding carboxylic acids is 2. The van der Waals surface area contributed by atoms with E-state index >= 15 is 0 Å².